The number of amides is 2. The minimum Gasteiger partial charge on any atom is -0.487 e. The van der Waals surface area contributed by atoms with Crippen molar-refractivity contribution in [2.75, 3.05) is 13.2 Å². The number of ether oxygens (including phenoxy) is 2. The smallest absolute Gasteiger partial charge is 0.407 e. The Bertz CT molecular complexity index is 705. The predicted molar refractivity (Wildman–Crippen MR) is 110 cm³/mol. The number of carbonyl (C=O) groups is 2. The molecule has 1 aliphatic rings. The molecule has 1 aliphatic carbocycles. The lowest BCUT2D eigenvalue weighted by atomic mass is 9.95. The fourth-order valence-corrected chi connectivity index (χ4v) is 2.99. The van der Waals surface area contributed by atoms with Crippen LogP contribution in [0.2, 0.25) is 0 Å². The van der Waals surface area contributed by atoms with Gasteiger partial charge in [-0.3, -0.25) is 4.79 Å². The van der Waals surface area contributed by atoms with Gasteiger partial charge in [-0.1, -0.05) is 19.3 Å². The van der Waals surface area contributed by atoms with Crippen LogP contribution in [-0.2, 0) is 4.74 Å². The first kappa shape index (κ1) is 22.7. The van der Waals surface area contributed by atoms with Crippen molar-refractivity contribution in [2.24, 2.45) is 0 Å². The molecule has 7 heteroatoms. The van der Waals surface area contributed by atoms with Gasteiger partial charge in [-0.05, 0) is 64.0 Å². The molecule has 0 bridgehead atoms. The van der Waals surface area contributed by atoms with Crippen LogP contribution in [0.3, 0.4) is 0 Å². The molecular formula is C22H31FN2O4. The SMILES string of the molecule is CC(C)(C)OC(=O)NCC=C(F)COc1ccc(C(=O)NC2CCCCC2)cc1. The standard InChI is InChI=1S/C22H31FN2O4/c1-22(2,3)29-21(27)24-14-13-17(23)15-28-19-11-9-16(10-12-19)20(26)25-18-7-5-4-6-8-18/h9-13,18H,4-8,14-15H2,1-3H3,(H,24,27)(H,25,26). The lowest BCUT2D eigenvalue weighted by Crippen LogP contribution is -2.36. The Kier molecular flexibility index (Phi) is 8.49. The van der Waals surface area contributed by atoms with Crippen LogP contribution in [-0.4, -0.2) is 36.8 Å². The number of alkyl carbamates (subject to hydrolysis) is 1. The molecule has 0 atom stereocenters. The summed E-state index contributed by atoms with van der Waals surface area (Å²) in [4.78, 5) is 23.8. The van der Waals surface area contributed by atoms with Gasteiger partial charge in [0, 0.05) is 18.2 Å². The lowest BCUT2D eigenvalue weighted by molar-refractivity contribution is 0.0533. The van der Waals surface area contributed by atoms with Crippen molar-refractivity contribution >= 4 is 12.0 Å². The molecule has 1 fully saturated rings. The molecule has 1 aromatic carbocycles. The second-order valence-corrected chi connectivity index (χ2v) is 8.16. The van der Waals surface area contributed by atoms with E-state index >= 15 is 0 Å². The van der Waals surface area contributed by atoms with E-state index in [4.69, 9.17) is 9.47 Å². The average Bonchev–Trinajstić information content (AvgIpc) is 2.66. The molecule has 0 heterocycles. The van der Waals surface area contributed by atoms with E-state index in [9.17, 15) is 14.0 Å². The second-order valence-electron chi connectivity index (χ2n) is 8.16. The molecule has 2 N–H and O–H groups in total. The summed E-state index contributed by atoms with van der Waals surface area (Å²) in [5, 5.41) is 5.50. The highest BCUT2D eigenvalue weighted by Crippen LogP contribution is 2.19. The number of hydrogen-bond donors (Lipinski definition) is 2. The molecule has 160 valence electrons. The van der Waals surface area contributed by atoms with Crippen LogP contribution in [0.5, 0.6) is 5.75 Å². The van der Waals surface area contributed by atoms with Gasteiger partial charge in [-0.2, -0.15) is 0 Å². The van der Waals surface area contributed by atoms with Crippen LogP contribution in [0.15, 0.2) is 36.2 Å². The zero-order chi connectivity index (χ0) is 21.3. The maximum Gasteiger partial charge on any atom is 0.407 e. The molecule has 2 rings (SSSR count). The third kappa shape index (κ3) is 8.98. The fraction of sp³-hybridized carbons (Fsp3) is 0.545. The van der Waals surface area contributed by atoms with Crippen LogP contribution in [0.4, 0.5) is 9.18 Å². The van der Waals surface area contributed by atoms with Crippen LogP contribution >= 0.6 is 0 Å². The Labute approximate surface area is 171 Å². The van der Waals surface area contributed by atoms with Crippen molar-refractivity contribution in [3.63, 3.8) is 0 Å². The van der Waals surface area contributed by atoms with Gasteiger partial charge < -0.3 is 20.1 Å². The molecule has 0 aromatic heterocycles. The maximum atomic E-state index is 13.8. The molecule has 2 amide bonds. The summed E-state index contributed by atoms with van der Waals surface area (Å²) in [5.74, 6) is -0.147. The van der Waals surface area contributed by atoms with E-state index in [0.717, 1.165) is 25.7 Å². The molecule has 29 heavy (non-hydrogen) atoms. The van der Waals surface area contributed by atoms with Crippen molar-refractivity contribution in [1.82, 2.24) is 10.6 Å². The summed E-state index contributed by atoms with van der Waals surface area (Å²) in [5.41, 5.74) is -0.0462. The molecule has 0 unspecified atom stereocenters. The fourth-order valence-electron chi connectivity index (χ4n) is 2.99. The van der Waals surface area contributed by atoms with Crippen LogP contribution < -0.4 is 15.4 Å². The Morgan fingerprint density at radius 3 is 2.41 bits per heavy atom. The minimum atomic E-state index is -0.607. The summed E-state index contributed by atoms with van der Waals surface area (Å²) in [6.45, 7) is 5.00. The Morgan fingerprint density at radius 2 is 1.79 bits per heavy atom. The topological polar surface area (TPSA) is 76.7 Å². The zero-order valence-electron chi connectivity index (χ0n) is 17.4. The minimum absolute atomic E-state index is 0.00435. The summed E-state index contributed by atoms with van der Waals surface area (Å²) < 4.78 is 24.3. The summed E-state index contributed by atoms with van der Waals surface area (Å²) in [7, 11) is 0. The number of nitrogens with one attached hydrogen (secondary N) is 2. The van der Waals surface area contributed by atoms with Crippen molar-refractivity contribution in [1.29, 1.82) is 0 Å². The zero-order valence-corrected chi connectivity index (χ0v) is 17.4. The first-order valence-corrected chi connectivity index (χ1v) is 10.1. The number of hydrogen-bond acceptors (Lipinski definition) is 4. The van der Waals surface area contributed by atoms with E-state index in [1.165, 1.54) is 12.5 Å². The average molecular weight is 406 g/mol. The number of halogens is 1. The first-order valence-electron chi connectivity index (χ1n) is 10.1. The molecule has 0 radical (unpaired) electrons. The Morgan fingerprint density at radius 1 is 1.14 bits per heavy atom. The highest BCUT2D eigenvalue weighted by Gasteiger charge is 2.17. The lowest BCUT2D eigenvalue weighted by Gasteiger charge is -2.22. The van der Waals surface area contributed by atoms with Crippen LogP contribution in [0.1, 0.15) is 63.2 Å². The summed E-state index contributed by atoms with van der Waals surface area (Å²) >= 11 is 0. The van der Waals surface area contributed by atoms with E-state index in [0.29, 0.717) is 11.3 Å². The Hall–Kier alpha value is -2.57. The van der Waals surface area contributed by atoms with Crippen molar-refractivity contribution < 1.29 is 23.5 Å². The third-order valence-electron chi connectivity index (χ3n) is 4.40. The van der Waals surface area contributed by atoms with Crippen molar-refractivity contribution in [3.8, 4) is 5.75 Å². The first-order chi connectivity index (χ1) is 13.7. The van der Waals surface area contributed by atoms with Crippen LogP contribution in [0, 0.1) is 0 Å². The highest BCUT2D eigenvalue weighted by molar-refractivity contribution is 5.94. The molecule has 0 spiro atoms. The van der Waals surface area contributed by atoms with Crippen LogP contribution in [0.25, 0.3) is 0 Å². The van der Waals surface area contributed by atoms with Gasteiger partial charge in [0.15, 0.2) is 0 Å². The van der Waals surface area contributed by atoms with E-state index in [1.807, 2.05) is 0 Å². The summed E-state index contributed by atoms with van der Waals surface area (Å²) in [6.07, 6.45) is 6.22. The predicted octanol–water partition coefficient (Wildman–Crippen LogP) is 4.51. The molecule has 1 aromatic rings. The second kappa shape index (κ2) is 10.8. The van der Waals surface area contributed by atoms with E-state index in [1.54, 1.807) is 45.0 Å². The number of rotatable bonds is 7. The van der Waals surface area contributed by atoms with Gasteiger partial charge in [0.2, 0.25) is 0 Å². The van der Waals surface area contributed by atoms with E-state index in [2.05, 4.69) is 10.6 Å². The van der Waals surface area contributed by atoms with Gasteiger partial charge in [0.1, 0.15) is 23.8 Å². The van der Waals surface area contributed by atoms with Gasteiger partial charge in [0.05, 0.1) is 0 Å². The molecule has 0 aliphatic heterocycles. The third-order valence-corrected chi connectivity index (χ3v) is 4.40. The number of benzene rings is 1. The quantitative estimate of drug-likeness (QED) is 0.699. The molecular weight excluding hydrogens is 375 g/mol. The molecule has 0 saturated heterocycles. The van der Waals surface area contributed by atoms with Crippen molar-refractivity contribution in [3.05, 3.63) is 41.7 Å². The van der Waals surface area contributed by atoms with Crippen molar-refractivity contribution in [2.45, 2.75) is 64.5 Å². The largest absolute Gasteiger partial charge is 0.487 e. The highest BCUT2D eigenvalue weighted by atomic mass is 19.1. The monoisotopic (exact) mass is 406 g/mol. The van der Waals surface area contributed by atoms with Gasteiger partial charge in [-0.15, -0.1) is 0 Å². The number of carbonyl (C=O) groups excluding carboxylic acids is 2. The van der Waals surface area contributed by atoms with Gasteiger partial charge in [-0.25, -0.2) is 9.18 Å². The van der Waals surface area contributed by atoms with E-state index in [-0.39, 0.29) is 25.1 Å². The van der Waals surface area contributed by atoms with Gasteiger partial charge in [0.25, 0.3) is 5.91 Å². The molecule has 6 nitrogen and oxygen atoms in total. The normalized spacial score (nSPS) is 15.5. The maximum absolute atomic E-state index is 13.8. The Balaban J connectivity index is 1.73. The summed E-state index contributed by atoms with van der Waals surface area (Å²) in [6, 6.07) is 6.86. The molecule has 1 saturated carbocycles. The van der Waals surface area contributed by atoms with Gasteiger partial charge >= 0.3 is 6.09 Å². The van der Waals surface area contributed by atoms with E-state index < -0.39 is 17.5 Å².